The van der Waals surface area contributed by atoms with Crippen molar-refractivity contribution < 1.29 is 0 Å². The highest BCUT2D eigenvalue weighted by atomic mass is 35.5. The van der Waals surface area contributed by atoms with Crippen LogP contribution in [0.4, 0.5) is 11.4 Å². The number of benzene rings is 1. The van der Waals surface area contributed by atoms with Crippen LogP contribution in [0.1, 0.15) is 37.7 Å². The minimum absolute atomic E-state index is 0. The number of hydrogen-bond donors (Lipinski definition) is 1. The standard InChI is InChI=1S/C15H21N5.ClH/c1-11(2)20-15(17-10-18-20)9-19-8-4-5-12-13(16)6-3-7-14(12)19;/h3,6-7,10-11H,4-5,8-9,16H2,1-2H3;1H. The Bertz CT molecular complexity index is 608. The summed E-state index contributed by atoms with van der Waals surface area (Å²) in [5.41, 5.74) is 9.51. The van der Waals surface area contributed by atoms with E-state index >= 15 is 0 Å². The molecule has 0 bridgehead atoms. The number of halogens is 1. The van der Waals surface area contributed by atoms with E-state index in [1.54, 1.807) is 6.33 Å². The molecule has 2 aromatic rings. The zero-order valence-corrected chi connectivity index (χ0v) is 13.3. The van der Waals surface area contributed by atoms with Crippen LogP contribution in [0.15, 0.2) is 24.5 Å². The van der Waals surface area contributed by atoms with Crippen LogP contribution in [0.2, 0.25) is 0 Å². The molecule has 0 spiro atoms. The fourth-order valence-electron chi connectivity index (χ4n) is 2.88. The van der Waals surface area contributed by atoms with E-state index in [4.69, 9.17) is 5.73 Å². The summed E-state index contributed by atoms with van der Waals surface area (Å²) < 4.78 is 1.99. The summed E-state index contributed by atoms with van der Waals surface area (Å²) in [5, 5.41) is 4.31. The third kappa shape index (κ3) is 2.97. The number of aromatic nitrogens is 3. The molecule has 2 N–H and O–H groups in total. The molecule has 2 heterocycles. The molecular formula is C15H22ClN5. The summed E-state index contributed by atoms with van der Waals surface area (Å²) >= 11 is 0. The first-order valence-electron chi connectivity index (χ1n) is 7.17. The van der Waals surface area contributed by atoms with Crippen LogP contribution < -0.4 is 10.6 Å². The largest absolute Gasteiger partial charge is 0.398 e. The van der Waals surface area contributed by atoms with Gasteiger partial charge in [0.2, 0.25) is 0 Å². The Morgan fingerprint density at radius 3 is 2.90 bits per heavy atom. The molecule has 0 amide bonds. The van der Waals surface area contributed by atoms with E-state index in [1.165, 1.54) is 11.3 Å². The highest BCUT2D eigenvalue weighted by Crippen LogP contribution is 2.32. The molecule has 3 rings (SSSR count). The Labute approximate surface area is 131 Å². The molecule has 6 heteroatoms. The summed E-state index contributed by atoms with van der Waals surface area (Å²) in [6, 6.07) is 6.50. The lowest BCUT2D eigenvalue weighted by atomic mass is 10.00. The SMILES string of the molecule is CC(C)n1ncnc1CN1CCCc2c(N)cccc21.Cl. The van der Waals surface area contributed by atoms with Crippen molar-refractivity contribution >= 4 is 23.8 Å². The molecule has 1 aliphatic rings. The molecule has 0 radical (unpaired) electrons. The van der Waals surface area contributed by atoms with Crippen molar-refractivity contribution in [3.63, 3.8) is 0 Å². The van der Waals surface area contributed by atoms with Gasteiger partial charge in [-0.3, -0.25) is 0 Å². The van der Waals surface area contributed by atoms with Crippen molar-refractivity contribution in [1.29, 1.82) is 0 Å². The summed E-state index contributed by atoms with van der Waals surface area (Å²) in [6.07, 6.45) is 3.84. The van der Waals surface area contributed by atoms with Crippen molar-refractivity contribution in [2.45, 2.75) is 39.3 Å². The minimum Gasteiger partial charge on any atom is -0.398 e. The highest BCUT2D eigenvalue weighted by Gasteiger charge is 2.20. The molecule has 5 nitrogen and oxygen atoms in total. The van der Waals surface area contributed by atoms with Gasteiger partial charge in [0.05, 0.1) is 6.54 Å². The Balaban J connectivity index is 0.00000161. The molecule has 0 saturated heterocycles. The zero-order chi connectivity index (χ0) is 14.1. The normalized spacial score (nSPS) is 14.0. The lowest BCUT2D eigenvalue weighted by molar-refractivity contribution is 0.498. The first kappa shape index (κ1) is 15.6. The van der Waals surface area contributed by atoms with Gasteiger partial charge < -0.3 is 10.6 Å². The summed E-state index contributed by atoms with van der Waals surface area (Å²) in [6.45, 7) is 6.08. The highest BCUT2D eigenvalue weighted by molar-refractivity contribution is 5.85. The van der Waals surface area contributed by atoms with E-state index in [1.807, 2.05) is 16.8 Å². The number of hydrogen-bond acceptors (Lipinski definition) is 4. The monoisotopic (exact) mass is 307 g/mol. The molecule has 114 valence electrons. The van der Waals surface area contributed by atoms with Gasteiger partial charge in [0.15, 0.2) is 0 Å². The Morgan fingerprint density at radius 2 is 2.14 bits per heavy atom. The van der Waals surface area contributed by atoms with Gasteiger partial charge in [-0.2, -0.15) is 5.10 Å². The molecule has 1 aromatic carbocycles. The van der Waals surface area contributed by atoms with Gasteiger partial charge in [0.1, 0.15) is 12.2 Å². The number of anilines is 2. The molecule has 0 fully saturated rings. The molecule has 1 aromatic heterocycles. The van der Waals surface area contributed by atoms with Gasteiger partial charge in [-0.05, 0) is 44.4 Å². The zero-order valence-electron chi connectivity index (χ0n) is 12.5. The van der Waals surface area contributed by atoms with Crippen molar-refractivity contribution in [2.75, 3.05) is 17.2 Å². The third-order valence-corrected chi connectivity index (χ3v) is 3.85. The predicted molar refractivity (Wildman–Crippen MR) is 87.9 cm³/mol. The number of nitrogen functional groups attached to an aromatic ring is 1. The van der Waals surface area contributed by atoms with Crippen LogP contribution in [0.25, 0.3) is 0 Å². The second-order valence-corrected chi connectivity index (χ2v) is 5.58. The first-order valence-corrected chi connectivity index (χ1v) is 7.17. The van der Waals surface area contributed by atoms with Gasteiger partial charge in [-0.15, -0.1) is 12.4 Å². The van der Waals surface area contributed by atoms with Crippen LogP contribution >= 0.6 is 12.4 Å². The summed E-state index contributed by atoms with van der Waals surface area (Å²) in [4.78, 5) is 6.77. The third-order valence-electron chi connectivity index (χ3n) is 3.85. The van der Waals surface area contributed by atoms with Crippen LogP contribution in [-0.2, 0) is 13.0 Å². The maximum atomic E-state index is 6.10. The number of rotatable bonds is 3. The fraction of sp³-hybridized carbons (Fsp3) is 0.467. The van der Waals surface area contributed by atoms with Gasteiger partial charge >= 0.3 is 0 Å². The molecule has 21 heavy (non-hydrogen) atoms. The van der Waals surface area contributed by atoms with Crippen molar-refractivity contribution in [1.82, 2.24) is 14.8 Å². The second-order valence-electron chi connectivity index (χ2n) is 5.58. The van der Waals surface area contributed by atoms with Gasteiger partial charge in [0.25, 0.3) is 0 Å². The fourth-order valence-corrected chi connectivity index (χ4v) is 2.88. The van der Waals surface area contributed by atoms with Gasteiger partial charge in [0, 0.05) is 24.0 Å². The Morgan fingerprint density at radius 1 is 1.33 bits per heavy atom. The van der Waals surface area contributed by atoms with Crippen LogP contribution in [-0.4, -0.2) is 21.3 Å². The van der Waals surface area contributed by atoms with E-state index in [2.05, 4.69) is 34.9 Å². The summed E-state index contributed by atoms with van der Waals surface area (Å²) in [5.74, 6) is 1.01. The van der Waals surface area contributed by atoms with E-state index in [0.29, 0.717) is 6.04 Å². The van der Waals surface area contributed by atoms with E-state index < -0.39 is 0 Å². The quantitative estimate of drug-likeness (QED) is 0.886. The Kier molecular flexibility index (Phi) is 4.73. The number of nitrogens with zero attached hydrogens (tertiary/aromatic N) is 4. The van der Waals surface area contributed by atoms with Crippen molar-refractivity contribution in [3.8, 4) is 0 Å². The average molecular weight is 308 g/mol. The molecule has 0 saturated carbocycles. The maximum absolute atomic E-state index is 6.10. The Hall–Kier alpha value is -1.75. The molecule has 1 aliphatic heterocycles. The first-order chi connectivity index (χ1) is 9.66. The lowest BCUT2D eigenvalue weighted by Crippen LogP contribution is -2.30. The summed E-state index contributed by atoms with van der Waals surface area (Å²) in [7, 11) is 0. The van der Waals surface area contributed by atoms with Gasteiger partial charge in [-0.1, -0.05) is 6.07 Å². The molecule has 0 atom stereocenters. The molecular weight excluding hydrogens is 286 g/mol. The van der Waals surface area contributed by atoms with Crippen LogP contribution in [0.5, 0.6) is 0 Å². The molecule has 0 unspecified atom stereocenters. The topological polar surface area (TPSA) is 60.0 Å². The number of fused-ring (bicyclic) bond motifs is 1. The van der Waals surface area contributed by atoms with Crippen molar-refractivity contribution in [3.05, 3.63) is 35.9 Å². The molecule has 0 aliphatic carbocycles. The van der Waals surface area contributed by atoms with E-state index in [-0.39, 0.29) is 12.4 Å². The number of nitrogens with two attached hydrogens (primary N) is 1. The van der Waals surface area contributed by atoms with Crippen LogP contribution in [0, 0.1) is 0 Å². The van der Waals surface area contributed by atoms with E-state index in [0.717, 1.165) is 37.4 Å². The van der Waals surface area contributed by atoms with Gasteiger partial charge in [-0.25, -0.2) is 9.67 Å². The lowest BCUT2D eigenvalue weighted by Gasteiger charge is -2.31. The smallest absolute Gasteiger partial charge is 0.146 e. The minimum atomic E-state index is 0. The second kappa shape index (κ2) is 6.35. The maximum Gasteiger partial charge on any atom is 0.146 e. The average Bonchev–Trinajstić information content (AvgIpc) is 2.88. The predicted octanol–water partition coefficient (Wildman–Crippen LogP) is 2.82. The van der Waals surface area contributed by atoms with Crippen LogP contribution in [0.3, 0.4) is 0 Å². The van der Waals surface area contributed by atoms with E-state index in [9.17, 15) is 0 Å². The van der Waals surface area contributed by atoms with Crippen molar-refractivity contribution in [2.24, 2.45) is 0 Å².